The molecule has 216 valence electrons. The minimum absolute atomic E-state index is 0.0161. The van der Waals surface area contributed by atoms with Crippen molar-refractivity contribution < 1.29 is 41.1 Å². The monoisotopic (exact) mass is 658 g/mol. The van der Waals surface area contributed by atoms with Crippen LogP contribution in [0.15, 0.2) is 65.1 Å². The maximum atomic E-state index is 13.1. The largest absolute Gasteiger partial charge is 0.487 e. The first-order chi connectivity index (χ1) is 19.3. The minimum atomic E-state index is -4.89. The zero-order valence-corrected chi connectivity index (χ0v) is 23.2. The highest BCUT2D eigenvalue weighted by Crippen LogP contribution is 2.45. The molecular formula is C28H21BrClF5N2O4. The molecule has 0 radical (unpaired) electrons. The van der Waals surface area contributed by atoms with Crippen LogP contribution >= 0.6 is 27.5 Å². The quantitative estimate of drug-likeness (QED) is 0.220. The standard InChI is InChI=1S/C28H21BrClF5N2O4/c29-16-2-4-17(5-3-16)36-27(40)21-12-18(6-8-23(21)41-13-24(31)32)37-26(39)20-10-14(1-7-22(20)30)9-15-11-19(15)25(38)28(33,34)35/h1-8,10,12,15,19,24H,9,11,13H2,(H,36,40)(H,37,39). The Hall–Kier alpha value is -3.51. The molecule has 0 aliphatic heterocycles. The first-order valence-electron chi connectivity index (χ1n) is 12.1. The number of alkyl halides is 5. The van der Waals surface area contributed by atoms with E-state index in [1.54, 1.807) is 30.3 Å². The van der Waals surface area contributed by atoms with Gasteiger partial charge in [0, 0.05) is 21.8 Å². The first kappa shape index (κ1) is 30.4. The number of ether oxygens (including phenoxy) is 1. The Kier molecular flexibility index (Phi) is 9.33. The smallest absolute Gasteiger partial charge is 0.450 e. The Morgan fingerprint density at radius 3 is 2.22 bits per heavy atom. The van der Waals surface area contributed by atoms with Gasteiger partial charge in [-0.15, -0.1) is 0 Å². The second kappa shape index (κ2) is 12.6. The number of carbonyl (C=O) groups is 3. The van der Waals surface area contributed by atoms with E-state index < -0.39 is 48.6 Å². The van der Waals surface area contributed by atoms with E-state index in [4.69, 9.17) is 16.3 Å². The molecule has 1 aliphatic carbocycles. The molecule has 2 atom stereocenters. The van der Waals surface area contributed by atoms with Crippen molar-refractivity contribution in [3.63, 3.8) is 0 Å². The van der Waals surface area contributed by atoms with Gasteiger partial charge in [-0.1, -0.05) is 33.6 Å². The van der Waals surface area contributed by atoms with Crippen molar-refractivity contribution in [1.29, 1.82) is 0 Å². The van der Waals surface area contributed by atoms with E-state index in [1.165, 1.54) is 30.3 Å². The molecule has 0 heterocycles. The molecule has 0 spiro atoms. The van der Waals surface area contributed by atoms with Crippen LogP contribution in [-0.4, -0.2) is 36.8 Å². The number of Topliss-reactive ketones (excluding diaryl/α,β-unsaturated/α-hetero) is 1. The molecule has 2 amide bonds. The van der Waals surface area contributed by atoms with Gasteiger partial charge in [0.25, 0.3) is 18.2 Å². The number of hydrogen-bond donors (Lipinski definition) is 2. The number of amides is 2. The highest BCUT2D eigenvalue weighted by atomic mass is 79.9. The Morgan fingerprint density at radius 2 is 1.56 bits per heavy atom. The highest BCUT2D eigenvalue weighted by Gasteiger charge is 2.53. The summed E-state index contributed by atoms with van der Waals surface area (Å²) < 4.78 is 69.5. The van der Waals surface area contributed by atoms with E-state index in [0.717, 1.165) is 4.47 Å². The third-order valence-corrected chi connectivity index (χ3v) is 7.12. The average molecular weight is 660 g/mol. The summed E-state index contributed by atoms with van der Waals surface area (Å²) in [5, 5.41) is 5.28. The topological polar surface area (TPSA) is 84.5 Å². The van der Waals surface area contributed by atoms with E-state index in [-0.39, 0.29) is 40.4 Å². The predicted molar refractivity (Wildman–Crippen MR) is 146 cm³/mol. The average Bonchev–Trinajstić information content (AvgIpc) is 3.67. The number of benzene rings is 3. The van der Waals surface area contributed by atoms with Gasteiger partial charge in [0.2, 0.25) is 5.78 Å². The third kappa shape index (κ3) is 8.04. The molecule has 0 aromatic heterocycles. The molecule has 1 fully saturated rings. The van der Waals surface area contributed by atoms with Gasteiger partial charge in [0.1, 0.15) is 12.4 Å². The second-order valence-electron chi connectivity index (χ2n) is 9.31. The van der Waals surface area contributed by atoms with Crippen LogP contribution in [0.3, 0.4) is 0 Å². The molecule has 3 aromatic rings. The zero-order chi connectivity index (χ0) is 29.9. The molecule has 13 heteroatoms. The number of carbonyl (C=O) groups excluding carboxylic acids is 3. The van der Waals surface area contributed by atoms with Crippen molar-refractivity contribution in [3.8, 4) is 5.75 Å². The van der Waals surface area contributed by atoms with Crippen molar-refractivity contribution in [1.82, 2.24) is 0 Å². The Bertz CT molecular complexity index is 1470. The second-order valence-corrected chi connectivity index (χ2v) is 10.6. The SMILES string of the molecule is O=C(Nc1ccc(OCC(F)F)c(C(=O)Nc2ccc(Br)cc2)c1)c1cc(CC2CC2C(=O)C(F)(F)F)ccc1Cl. The summed E-state index contributed by atoms with van der Waals surface area (Å²) in [6.07, 6.45) is -7.42. The van der Waals surface area contributed by atoms with Crippen LogP contribution in [0.1, 0.15) is 32.7 Å². The van der Waals surface area contributed by atoms with Crippen LogP contribution in [0, 0.1) is 11.8 Å². The van der Waals surface area contributed by atoms with Crippen molar-refractivity contribution in [2.45, 2.75) is 25.4 Å². The van der Waals surface area contributed by atoms with Crippen LogP contribution in [-0.2, 0) is 11.2 Å². The summed E-state index contributed by atoms with van der Waals surface area (Å²) in [5.41, 5.74) is 0.959. The maximum absolute atomic E-state index is 13.1. The molecule has 6 nitrogen and oxygen atoms in total. The van der Waals surface area contributed by atoms with Crippen LogP contribution in [0.2, 0.25) is 5.02 Å². The Labute approximate surface area is 244 Å². The number of anilines is 2. The van der Waals surface area contributed by atoms with Gasteiger partial charge < -0.3 is 15.4 Å². The van der Waals surface area contributed by atoms with E-state index in [0.29, 0.717) is 11.3 Å². The van der Waals surface area contributed by atoms with Crippen molar-refractivity contribution in [2.24, 2.45) is 11.8 Å². The van der Waals surface area contributed by atoms with Gasteiger partial charge in [0.15, 0.2) is 0 Å². The molecule has 2 N–H and O–H groups in total. The normalized spacial score (nSPS) is 16.3. The van der Waals surface area contributed by atoms with Crippen molar-refractivity contribution in [2.75, 3.05) is 17.2 Å². The number of rotatable bonds is 10. The third-order valence-electron chi connectivity index (χ3n) is 6.26. The Morgan fingerprint density at radius 1 is 0.927 bits per heavy atom. The van der Waals surface area contributed by atoms with E-state index in [1.807, 2.05) is 0 Å². The lowest BCUT2D eigenvalue weighted by atomic mass is 10.0. The molecule has 0 bridgehead atoms. The van der Waals surface area contributed by atoms with Gasteiger partial charge in [-0.25, -0.2) is 8.78 Å². The van der Waals surface area contributed by atoms with E-state index >= 15 is 0 Å². The van der Waals surface area contributed by atoms with E-state index in [9.17, 15) is 36.3 Å². The van der Waals surface area contributed by atoms with Crippen LogP contribution < -0.4 is 15.4 Å². The highest BCUT2D eigenvalue weighted by molar-refractivity contribution is 9.10. The van der Waals surface area contributed by atoms with Crippen molar-refractivity contribution >= 4 is 56.5 Å². The fraction of sp³-hybridized carbons (Fsp3) is 0.250. The molecule has 1 aliphatic rings. The molecule has 41 heavy (non-hydrogen) atoms. The van der Waals surface area contributed by atoms with Crippen LogP contribution in [0.25, 0.3) is 0 Å². The fourth-order valence-corrected chi connectivity index (χ4v) is 4.64. The van der Waals surface area contributed by atoms with E-state index in [2.05, 4.69) is 26.6 Å². The number of halogens is 7. The van der Waals surface area contributed by atoms with Gasteiger partial charge in [-0.05, 0) is 78.9 Å². The van der Waals surface area contributed by atoms with Gasteiger partial charge >= 0.3 is 6.18 Å². The summed E-state index contributed by atoms with van der Waals surface area (Å²) in [6.45, 7) is -0.955. The van der Waals surface area contributed by atoms with Crippen LogP contribution in [0.4, 0.5) is 33.3 Å². The first-order valence-corrected chi connectivity index (χ1v) is 13.3. The summed E-state index contributed by atoms with van der Waals surface area (Å²) in [7, 11) is 0. The van der Waals surface area contributed by atoms with Crippen LogP contribution in [0.5, 0.6) is 5.75 Å². The number of ketones is 1. The molecule has 2 unspecified atom stereocenters. The maximum Gasteiger partial charge on any atom is 0.450 e. The summed E-state index contributed by atoms with van der Waals surface area (Å²) in [6, 6.07) is 14.9. The lowest BCUT2D eigenvalue weighted by Gasteiger charge is -2.14. The lowest BCUT2D eigenvalue weighted by Crippen LogP contribution is -2.25. The summed E-state index contributed by atoms with van der Waals surface area (Å²) >= 11 is 9.49. The van der Waals surface area contributed by atoms with Gasteiger partial charge in [-0.3, -0.25) is 14.4 Å². The zero-order valence-electron chi connectivity index (χ0n) is 20.9. The van der Waals surface area contributed by atoms with Gasteiger partial charge in [-0.2, -0.15) is 13.2 Å². The molecule has 3 aromatic carbocycles. The molecular weight excluding hydrogens is 639 g/mol. The predicted octanol–water partition coefficient (Wildman–Crippen LogP) is 7.56. The summed E-state index contributed by atoms with van der Waals surface area (Å²) in [5.74, 6) is -4.85. The number of hydrogen-bond acceptors (Lipinski definition) is 4. The Balaban J connectivity index is 1.51. The lowest BCUT2D eigenvalue weighted by molar-refractivity contribution is -0.172. The molecule has 0 saturated heterocycles. The minimum Gasteiger partial charge on any atom is -0.487 e. The molecule has 1 saturated carbocycles. The molecule has 4 rings (SSSR count). The fourth-order valence-electron chi connectivity index (χ4n) is 4.17. The van der Waals surface area contributed by atoms with Gasteiger partial charge in [0.05, 0.1) is 16.1 Å². The number of nitrogens with one attached hydrogen (secondary N) is 2. The van der Waals surface area contributed by atoms with Crippen molar-refractivity contribution in [3.05, 3.63) is 86.8 Å². The summed E-state index contributed by atoms with van der Waals surface area (Å²) in [4.78, 5) is 37.5.